The minimum Gasteiger partial charge on any atom is -0.508 e. The van der Waals surface area contributed by atoms with E-state index in [1.54, 1.807) is 0 Å². The van der Waals surface area contributed by atoms with Gasteiger partial charge in [0.1, 0.15) is 11.5 Å². The number of phenols is 4. The van der Waals surface area contributed by atoms with Gasteiger partial charge < -0.3 is 20.4 Å². The second-order valence-corrected chi connectivity index (χ2v) is 9.43. The first kappa shape index (κ1) is 29.7. The van der Waals surface area contributed by atoms with E-state index in [-0.39, 0.29) is 69.1 Å². The summed E-state index contributed by atoms with van der Waals surface area (Å²) >= 11 is 0. The Labute approximate surface area is 239 Å². The van der Waals surface area contributed by atoms with Crippen LogP contribution in [0.3, 0.4) is 0 Å². The molecule has 0 aliphatic heterocycles. The summed E-state index contributed by atoms with van der Waals surface area (Å²) in [5.41, 5.74) is -2.11. The van der Waals surface area contributed by atoms with Crippen molar-refractivity contribution in [2.75, 3.05) is 0 Å². The molecule has 43 heavy (non-hydrogen) atoms. The van der Waals surface area contributed by atoms with Crippen LogP contribution >= 0.6 is 0 Å². The van der Waals surface area contributed by atoms with Gasteiger partial charge in [-0.1, -0.05) is 12.1 Å². The van der Waals surface area contributed by atoms with Crippen molar-refractivity contribution in [2.24, 2.45) is 0 Å². The van der Waals surface area contributed by atoms with Crippen molar-refractivity contribution in [3.63, 3.8) is 0 Å². The van der Waals surface area contributed by atoms with Crippen molar-refractivity contribution in [1.82, 2.24) is 0 Å². The maximum absolute atomic E-state index is 11.7. The van der Waals surface area contributed by atoms with Gasteiger partial charge in [0.25, 0.3) is 11.4 Å². The van der Waals surface area contributed by atoms with E-state index in [2.05, 4.69) is 0 Å². The molecule has 0 bridgehead atoms. The zero-order valence-electron chi connectivity index (χ0n) is 21.7. The summed E-state index contributed by atoms with van der Waals surface area (Å²) in [7, 11) is 0. The van der Waals surface area contributed by atoms with Gasteiger partial charge in [0, 0.05) is 77.9 Å². The van der Waals surface area contributed by atoms with Crippen molar-refractivity contribution < 1.29 is 40.1 Å². The van der Waals surface area contributed by atoms with Gasteiger partial charge in [0.15, 0.2) is 11.5 Å². The minimum atomic E-state index is -0.889. The van der Waals surface area contributed by atoms with Crippen LogP contribution in [0.25, 0.3) is 0 Å². The second kappa shape index (κ2) is 11.7. The van der Waals surface area contributed by atoms with Crippen LogP contribution in [0.4, 0.5) is 22.7 Å². The van der Waals surface area contributed by atoms with Gasteiger partial charge in [-0.3, -0.25) is 40.5 Å². The smallest absolute Gasteiger partial charge is 0.311 e. The van der Waals surface area contributed by atoms with Crippen molar-refractivity contribution in [3.05, 3.63) is 135 Å². The van der Waals surface area contributed by atoms with Crippen molar-refractivity contribution >= 4 is 22.7 Å². The third kappa shape index (κ3) is 6.37. The lowest BCUT2D eigenvalue weighted by atomic mass is 9.94. The molecule has 4 N–H and O–H groups in total. The maximum atomic E-state index is 11.7. The molecule has 4 aromatic rings. The van der Waals surface area contributed by atoms with Crippen LogP contribution in [-0.2, 0) is 19.3 Å². The molecule has 0 saturated heterocycles. The lowest BCUT2D eigenvalue weighted by Gasteiger charge is -2.13. The topological polar surface area (TPSA) is 253 Å². The van der Waals surface area contributed by atoms with E-state index in [4.69, 9.17) is 0 Å². The molecule has 0 aliphatic rings. The zero-order chi connectivity index (χ0) is 31.6. The first-order chi connectivity index (χ1) is 20.2. The van der Waals surface area contributed by atoms with E-state index in [1.807, 2.05) is 0 Å². The van der Waals surface area contributed by atoms with E-state index in [0.717, 1.165) is 48.5 Å². The lowest BCUT2D eigenvalue weighted by molar-refractivity contribution is -0.386. The molecule has 0 spiro atoms. The number of nitrogens with zero attached hydrogens (tertiary/aromatic N) is 4. The fraction of sp³-hybridized carbons (Fsp3) is 0.111. The number of hydrogen-bond acceptors (Lipinski definition) is 12. The highest BCUT2D eigenvalue weighted by Crippen LogP contribution is 2.39. The standard InChI is InChI=1S/C27H20N4O12/c32-24-3-1-20(28(36)37)12-16(24)5-14-7-18(26(34)22(9-14)30(40)41)11-19-8-15(10-23(27(19)35)31(42)43)6-17-13-21(29(38)39)2-4-25(17)33/h1-4,7-10,12-13,32-35H,5-6,11H2. The van der Waals surface area contributed by atoms with Crippen LogP contribution in [0.15, 0.2) is 60.7 Å². The van der Waals surface area contributed by atoms with Gasteiger partial charge in [-0.25, -0.2) is 0 Å². The molecule has 0 heterocycles. The Morgan fingerprint density at radius 2 is 0.837 bits per heavy atom. The highest BCUT2D eigenvalue weighted by atomic mass is 16.6. The van der Waals surface area contributed by atoms with Crippen molar-refractivity contribution in [3.8, 4) is 23.0 Å². The summed E-state index contributed by atoms with van der Waals surface area (Å²) in [4.78, 5) is 42.6. The van der Waals surface area contributed by atoms with E-state index in [9.17, 15) is 60.9 Å². The number of aromatic hydroxyl groups is 4. The molecule has 0 saturated carbocycles. The van der Waals surface area contributed by atoms with Crippen LogP contribution in [0.5, 0.6) is 23.0 Å². The van der Waals surface area contributed by atoms with E-state index in [0.29, 0.717) is 0 Å². The third-order valence-electron chi connectivity index (χ3n) is 6.57. The average Bonchev–Trinajstić information content (AvgIpc) is 2.93. The monoisotopic (exact) mass is 592 g/mol. The van der Waals surface area contributed by atoms with Gasteiger partial charge in [-0.05, 0) is 23.3 Å². The number of rotatable bonds is 10. The highest BCUT2D eigenvalue weighted by molar-refractivity contribution is 5.60. The highest BCUT2D eigenvalue weighted by Gasteiger charge is 2.25. The molecule has 16 heteroatoms. The molecule has 0 aromatic heterocycles. The van der Waals surface area contributed by atoms with Gasteiger partial charge >= 0.3 is 11.4 Å². The predicted molar refractivity (Wildman–Crippen MR) is 147 cm³/mol. The molecular weight excluding hydrogens is 572 g/mol. The Hall–Kier alpha value is -6.32. The fourth-order valence-corrected chi connectivity index (χ4v) is 4.54. The minimum absolute atomic E-state index is 0.0531. The summed E-state index contributed by atoms with van der Waals surface area (Å²) < 4.78 is 0. The van der Waals surface area contributed by atoms with Crippen LogP contribution < -0.4 is 0 Å². The van der Waals surface area contributed by atoms with Gasteiger partial charge in [0.2, 0.25) is 0 Å². The molecule has 4 rings (SSSR count). The summed E-state index contributed by atoms with van der Waals surface area (Å²) in [6, 6.07) is 11.0. The molecule has 0 unspecified atom stereocenters. The SMILES string of the molecule is O=[N+]([O-])c1ccc(O)c(Cc2cc(Cc3cc(Cc4cc([N+](=O)[O-])ccc4O)cc([N+](=O)[O-])c3O)c(O)c([N+](=O)[O-])c2)c1. The number of non-ortho nitro benzene ring substituents is 2. The Balaban J connectivity index is 1.79. The van der Waals surface area contributed by atoms with E-state index < -0.39 is 49.0 Å². The normalized spacial score (nSPS) is 10.8. The van der Waals surface area contributed by atoms with Crippen molar-refractivity contribution in [2.45, 2.75) is 19.3 Å². The molecule has 220 valence electrons. The number of hydrogen-bond donors (Lipinski definition) is 4. The summed E-state index contributed by atoms with van der Waals surface area (Å²) in [5, 5.41) is 87.5. The molecule has 16 nitrogen and oxygen atoms in total. The van der Waals surface area contributed by atoms with E-state index >= 15 is 0 Å². The summed E-state index contributed by atoms with van der Waals surface area (Å²) in [6.45, 7) is 0. The van der Waals surface area contributed by atoms with Crippen LogP contribution in [-0.4, -0.2) is 40.1 Å². The molecule has 0 atom stereocenters. The number of benzene rings is 4. The Bertz CT molecular complexity index is 1690. The fourth-order valence-electron chi connectivity index (χ4n) is 4.54. The van der Waals surface area contributed by atoms with Gasteiger partial charge in [-0.15, -0.1) is 0 Å². The first-order valence-corrected chi connectivity index (χ1v) is 12.2. The molecule has 4 aromatic carbocycles. The average molecular weight is 592 g/mol. The maximum Gasteiger partial charge on any atom is 0.311 e. The summed E-state index contributed by atoms with van der Waals surface area (Å²) in [6.07, 6.45) is -0.942. The largest absolute Gasteiger partial charge is 0.508 e. The first-order valence-electron chi connectivity index (χ1n) is 12.2. The molecule has 0 fully saturated rings. The number of nitro benzene ring substituents is 4. The molecule has 0 radical (unpaired) electrons. The van der Waals surface area contributed by atoms with Gasteiger partial charge in [0.05, 0.1) is 19.7 Å². The number of phenolic OH excluding ortho intramolecular Hbond substituents is 4. The van der Waals surface area contributed by atoms with Crippen LogP contribution in [0.2, 0.25) is 0 Å². The van der Waals surface area contributed by atoms with Gasteiger partial charge in [-0.2, -0.15) is 0 Å². The van der Waals surface area contributed by atoms with E-state index in [1.165, 1.54) is 12.1 Å². The molecular formula is C27H20N4O12. The Morgan fingerprint density at radius 3 is 1.16 bits per heavy atom. The molecule has 0 amide bonds. The number of nitro groups is 4. The third-order valence-corrected chi connectivity index (χ3v) is 6.57. The summed E-state index contributed by atoms with van der Waals surface area (Å²) in [5.74, 6) is -2.26. The van der Waals surface area contributed by atoms with Crippen molar-refractivity contribution in [1.29, 1.82) is 0 Å². The Kier molecular flexibility index (Phi) is 8.04. The van der Waals surface area contributed by atoms with Crippen LogP contribution in [0.1, 0.15) is 33.4 Å². The predicted octanol–water partition coefficient (Wildman–Crippen LogP) is 4.91. The quantitative estimate of drug-likeness (QED) is 0.141. The Morgan fingerprint density at radius 1 is 0.465 bits per heavy atom. The molecule has 0 aliphatic carbocycles. The lowest BCUT2D eigenvalue weighted by Crippen LogP contribution is -2.01. The zero-order valence-corrected chi connectivity index (χ0v) is 21.7. The van der Waals surface area contributed by atoms with Crippen LogP contribution in [0, 0.1) is 40.5 Å². The second-order valence-electron chi connectivity index (χ2n) is 9.43.